The summed E-state index contributed by atoms with van der Waals surface area (Å²) in [6.45, 7) is 13.6. The first-order chi connectivity index (χ1) is 19.9. The van der Waals surface area contributed by atoms with E-state index in [0.29, 0.717) is 13.0 Å². The molecule has 3 unspecified atom stereocenters. The average Bonchev–Trinajstić information content (AvgIpc) is 2.95. The summed E-state index contributed by atoms with van der Waals surface area (Å²) in [5.74, 6) is -0.628. The van der Waals surface area contributed by atoms with Gasteiger partial charge in [0, 0.05) is 19.0 Å². The standard InChI is InChI=1S/C35H45N3O4/c1-8-25(3)38(33(40)30(22-27-17-11-9-12-18-27)37-34(41)42-35(5,6)7)31(29-21-15-16-24(2)26(29)4)32(39)36-23-28-19-13-10-14-20-28/h9-21,25,30-31H,8,22-23H2,1-7H3,(H,36,39)(H,37,41). The number of rotatable bonds is 11. The Labute approximate surface area is 250 Å². The quantitative estimate of drug-likeness (QED) is 0.278. The molecule has 0 aliphatic heterocycles. The predicted octanol–water partition coefficient (Wildman–Crippen LogP) is 6.42. The number of carbonyl (C=O) groups is 3. The molecule has 3 atom stereocenters. The topological polar surface area (TPSA) is 87.7 Å². The van der Waals surface area contributed by atoms with Crippen LogP contribution < -0.4 is 10.6 Å². The molecular formula is C35H45N3O4. The Bertz CT molecular complexity index is 1340. The largest absolute Gasteiger partial charge is 0.444 e. The lowest BCUT2D eigenvalue weighted by Crippen LogP contribution is -2.56. The van der Waals surface area contributed by atoms with Gasteiger partial charge in [-0.25, -0.2) is 4.79 Å². The first kappa shape index (κ1) is 32.4. The summed E-state index contributed by atoms with van der Waals surface area (Å²) in [7, 11) is 0. The van der Waals surface area contributed by atoms with Crippen molar-refractivity contribution in [3.8, 4) is 0 Å². The van der Waals surface area contributed by atoms with Crippen LogP contribution in [0.5, 0.6) is 0 Å². The highest BCUT2D eigenvalue weighted by Gasteiger charge is 2.39. The van der Waals surface area contributed by atoms with Crippen molar-refractivity contribution in [2.24, 2.45) is 0 Å². The summed E-state index contributed by atoms with van der Waals surface area (Å²) in [5.41, 5.74) is 3.83. The van der Waals surface area contributed by atoms with Crippen molar-refractivity contribution >= 4 is 17.9 Å². The number of aryl methyl sites for hydroxylation is 1. The van der Waals surface area contributed by atoms with E-state index in [1.54, 1.807) is 25.7 Å². The normalized spacial score (nSPS) is 13.4. The van der Waals surface area contributed by atoms with Gasteiger partial charge in [0.25, 0.3) is 0 Å². The van der Waals surface area contributed by atoms with Crippen molar-refractivity contribution in [2.75, 3.05) is 0 Å². The van der Waals surface area contributed by atoms with E-state index in [-0.39, 0.29) is 24.3 Å². The minimum atomic E-state index is -0.953. The van der Waals surface area contributed by atoms with Crippen LogP contribution in [0, 0.1) is 13.8 Å². The molecule has 0 saturated heterocycles. The molecule has 3 amide bonds. The third-order valence-electron chi connectivity index (χ3n) is 7.37. The van der Waals surface area contributed by atoms with Crippen LogP contribution in [-0.4, -0.2) is 40.5 Å². The number of amides is 3. The second-order valence-electron chi connectivity index (χ2n) is 11.8. The zero-order valence-corrected chi connectivity index (χ0v) is 25.9. The summed E-state index contributed by atoms with van der Waals surface area (Å²) in [6.07, 6.45) is 0.179. The highest BCUT2D eigenvalue weighted by Crippen LogP contribution is 2.30. The van der Waals surface area contributed by atoms with Gasteiger partial charge in [0.1, 0.15) is 17.7 Å². The van der Waals surface area contributed by atoms with Gasteiger partial charge in [-0.15, -0.1) is 0 Å². The molecule has 0 aliphatic rings. The molecule has 7 nitrogen and oxygen atoms in total. The summed E-state index contributed by atoms with van der Waals surface area (Å²) >= 11 is 0. The molecule has 0 aliphatic carbocycles. The highest BCUT2D eigenvalue weighted by molar-refractivity contribution is 5.92. The Morgan fingerprint density at radius 1 is 0.857 bits per heavy atom. The van der Waals surface area contributed by atoms with E-state index in [0.717, 1.165) is 27.8 Å². The zero-order chi connectivity index (χ0) is 30.9. The van der Waals surface area contributed by atoms with E-state index in [4.69, 9.17) is 4.74 Å². The van der Waals surface area contributed by atoms with Gasteiger partial charge >= 0.3 is 6.09 Å². The molecule has 0 radical (unpaired) electrons. The second-order valence-corrected chi connectivity index (χ2v) is 11.8. The predicted molar refractivity (Wildman–Crippen MR) is 167 cm³/mol. The first-order valence-electron chi connectivity index (χ1n) is 14.6. The fourth-order valence-electron chi connectivity index (χ4n) is 4.84. The SMILES string of the molecule is CCC(C)N(C(=O)C(Cc1ccccc1)NC(=O)OC(C)(C)C)C(C(=O)NCc1ccccc1)c1cccc(C)c1C. The zero-order valence-electron chi connectivity index (χ0n) is 25.9. The Kier molecular flexibility index (Phi) is 11.3. The van der Waals surface area contributed by atoms with Crippen LogP contribution in [0.2, 0.25) is 0 Å². The maximum atomic E-state index is 14.6. The monoisotopic (exact) mass is 571 g/mol. The van der Waals surface area contributed by atoms with Gasteiger partial charge < -0.3 is 20.3 Å². The molecular weight excluding hydrogens is 526 g/mol. The third kappa shape index (κ3) is 8.93. The number of hydrogen-bond donors (Lipinski definition) is 2. The minimum absolute atomic E-state index is 0.247. The van der Waals surface area contributed by atoms with Crippen LogP contribution in [-0.2, 0) is 27.3 Å². The van der Waals surface area contributed by atoms with Crippen molar-refractivity contribution in [1.29, 1.82) is 0 Å². The van der Waals surface area contributed by atoms with Gasteiger partial charge in [0.15, 0.2) is 0 Å². The van der Waals surface area contributed by atoms with E-state index < -0.39 is 23.8 Å². The van der Waals surface area contributed by atoms with Gasteiger partial charge in [0.2, 0.25) is 11.8 Å². The molecule has 3 rings (SSSR count). The number of nitrogens with one attached hydrogen (secondary N) is 2. The molecule has 0 aromatic heterocycles. The Morgan fingerprint density at radius 2 is 1.45 bits per heavy atom. The Morgan fingerprint density at radius 3 is 2.02 bits per heavy atom. The number of nitrogens with zero attached hydrogens (tertiary/aromatic N) is 1. The smallest absolute Gasteiger partial charge is 0.408 e. The first-order valence-corrected chi connectivity index (χ1v) is 14.6. The summed E-state index contributed by atoms with van der Waals surface area (Å²) in [6, 6.07) is 22.9. The maximum absolute atomic E-state index is 14.6. The van der Waals surface area contributed by atoms with Crippen molar-refractivity contribution in [2.45, 2.75) is 91.6 Å². The highest BCUT2D eigenvalue weighted by atomic mass is 16.6. The lowest BCUT2D eigenvalue weighted by atomic mass is 9.93. The fraction of sp³-hybridized carbons (Fsp3) is 0.400. The van der Waals surface area contributed by atoms with Crippen LogP contribution >= 0.6 is 0 Å². The number of hydrogen-bond acceptors (Lipinski definition) is 4. The lowest BCUT2D eigenvalue weighted by Gasteiger charge is -2.39. The number of carbonyl (C=O) groups excluding carboxylic acids is 3. The Hall–Kier alpha value is -4.13. The molecule has 0 saturated carbocycles. The van der Waals surface area contributed by atoms with E-state index in [1.165, 1.54) is 0 Å². The maximum Gasteiger partial charge on any atom is 0.408 e. The van der Waals surface area contributed by atoms with Gasteiger partial charge in [-0.1, -0.05) is 85.8 Å². The second kappa shape index (κ2) is 14.7. The number of alkyl carbamates (subject to hydrolysis) is 1. The molecule has 2 N–H and O–H groups in total. The molecule has 0 fully saturated rings. The van der Waals surface area contributed by atoms with Crippen LogP contribution in [0.25, 0.3) is 0 Å². The van der Waals surface area contributed by atoms with Crippen LogP contribution in [0.15, 0.2) is 78.9 Å². The Balaban J connectivity index is 2.07. The van der Waals surface area contributed by atoms with Crippen molar-refractivity contribution in [3.05, 3.63) is 107 Å². The van der Waals surface area contributed by atoms with E-state index in [2.05, 4.69) is 10.6 Å². The van der Waals surface area contributed by atoms with Gasteiger partial charge in [-0.3, -0.25) is 9.59 Å². The summed E-state index contributed by atoms with van der Waals surface area (Å²) < 4.78 is 5.54. The molecule has 0 spiro atoms. The van der Waals surface area contributed by atoms with Crippen LogP contribution in [0.3, 0.4) is 0 Å². The van der Waals surface area contributed by atoms with E-state index >= 15 is 0 Å². The summed E-state index contributed by atoms with van der Waals surface area (Å²) in [4.78, 5) is 43.4. The van der Waals surface area contributed by atoms with E-state index in [1.807, 2.05) is 107 Å². The van der Waals surface area contributed by atoms with Crippen molar-refractivity contribution in [1.82, 2.24) is 15.5 Å². The molecule has 0 bridgehead atoms. The van der Waals surface area contributed by atoms with Crippen molar-refractivity contribution < 1.29 is 19.1 Å². The van der Waals surface area contributed by atoms with Gasteiger partial charge in [-0.05, 0) is 75.8 Å². The molecule has 42 heavy (non-hydrogen) atoms. The summed E-state index contributed by atoms with van der Waals surface area (Å²) in [5, 5.41) is 5.90. The number of benzene rings is 3. The molecule has 7 heteroatoms. The van der Waals surface area contributed by atoms with Gasteiger partial charge in [-0.2, -0.15) is 0 Å². The average molecular weight is 572 g/mol. The molecule has 0 heterocycles. The van der Waals surface area contributed by atoms with Crippen molar-refractivity contribution in [3.63, 3.8) is 0 Å². The van der Waals surface area contributed by atoms with Gasteiger partial charge in [0.05, 0.1) is 0 Å². The lowest BCUT2D eigenvalue weighted by molar-refractivity contribution is -0.145. The third-order valence-corrected chi connectivity index (χ3v) is 7.37. The van der Waals surface area contributed by atoms with Crippen LogP contribution in [0.4, 0.5) is 4.79 Å². The molecule has 3 aromatic carbocycles. The van der Waals surface area contributed by atoms with E-state index in [9.17, 15) is 14.4 Å². The molecule has 224 valence electrons. The number of ether oxygens (including phenoxy) is 1. The molecule has 3 aromatic rings. The minimum Gasteiger partial charge on any atom is -0.444 e. The fourth-order valence-corrected chi connectivity index (χ4v) is 4.84. The van der Waals surface area contributed by atoms with Crippen LogP contribution in [0.1, 0.15) is 74.9 Å².